The predicted molar refractivity (Wildman–Crippen MR) is 79.5 cm³/mol. The second-order valence-electron chi connectivity index (χ2n) is 5.96. The summed E-state index contributed by atoms with van der Waals surface area (Å²) in [5.74, 6) is -0.346. The first-order valence-electron chi connectivity index (χ1n) is 6.86. The Bertz CT molecular complexity index is 680. The summed E-state index contributed by atoms with van der Waals surface area (Å²) < 4.78 is 0. The molecule has 2 heterocycles. The van der Waals surface area contributed by atoms with Crippen molar-refractivity contribution < 1.29 is 9.90 Å². The molecule has 1 N–H and O–H groups in total. The van der Waals surface area contributed by atoms with Crippen molar-refractivity contribution in [3.05, 3.63) is 53.5 Å². The van der Waals surface area contributed by atoms with Gasteiger partial charge in [-0.05, 0) is 11.1 Å². The monoisotopic (exact) mass is 283 g/mol. The van der Waals surface area contributed by atoms with Crippen molar-refractivity contribution >= 4 is 11.8 Å². The zero-order chi connectivity index (χ0) is 15.0. The molecule has 0 amide bonds. The molecule has 0 aliphatic carbocycles. The fourth-order valence-electron chi connectivity index (χ4n) is 2.90. The molecule has 3 rings (SSSR count). The highest BCUT2D eigenvalue weighted by molar-refractivity contribution is 5.84. The number of carbonyl (C=O) groups is 1. The first-order valence-corrected chi connectivity index (χ1v) is 6.86. The van der Waals surface area contributed by atoms with Gasteiger partial charge in [0.25, 0.3) is 0 Å². The summed E-state index contributed by atoms with van der Waals surface area (Å²) in [7, 11) is 0. The number of rotatable bonds is 2. The van der Waals surface area contributed by atoms with Crippen molar-refractivity contribution in [3.8, 4) is 0 Å². The van der Waals surface area contributed by atoms with Gasteiger partial charge in [-0.25, -0.2) is 14.8 Å². The average Bonchev–Trinajstić information content (AvgIpc) is 2.46. The molecule has 0 radical (unpaired) electrons. The smallest absolute Gasteiger partial charge is 0.356 e. The fraction of sp³-hybridized carbons (Fsp3) is 0.312. The molecular weight excluding hydrogens is 266 g/mol. The maximum absolute atomic E-state index is 10.8. The Kier molecular flexibility index (Phi) is 3.12. The summed E-state index contributed by atoms with van der Waals surface area (Å²) in [6.07, 6.45) is 2.85. The van der Waals surface area contributed by atoms with Crippen molar-refractivity contribution in [2.75, 3.05) is 11.4 Å². The van der Waals surface area contributed by atoms with Gasteiger partial charge in [0.15, 0.2) is 5.69 Å². The van der Waals surface area contributed by atoms with E-state index in [-0.39, 0.29) is 11.1 Å². The topological polar surface area (TPSA) is 66.3 Å². The molecule has 0 unspecified atom stereocenters. The molecule has 108 valence electrons. The summed E-state index contributed by atoms with van der Waals surface area (Å²) in [5.41, 5.74) is 2.62. The minimum atomic E-state index is -1.06. The van der Waals surface area contributed by atoms with Gasteiger partial charge in [-0.1, -0.05) is 38.1 Å². The Morgan fingerprint density at radius 1 is 1.24 bits per heavy atom. The van der Waals surface area contributed by atoms with Crippen LogP contribution in [0.4, 0.5) is 5.82 Å². The van der Waals surface area contributed by atoms with Crippen LogP contribution in [0.3, 0.4) is 0 Å². The van der Waals surface area contributed by atoms with Gasteiger partial charge in [0, 0.05) is 18.5 Å². The Morgan fingerprint density at radius 2 is 2.00 bits per heavy atom. The average molecular weight is 283 g/mol. The normalized spacial score (nSPS) is 16.4. The molecule has 1 aromatic heterocycles. The van der Waals surface area contributed by atoms with E-state index in [1.807, 2.05) is 6.07 Å². The van der Waals surface area contributed by atoms with Crippen LogP contribution in [0.15, 0.2) is 36.7 Å². The maximum Gasteiger partial charge on any atom is 0.356 e. The Hall–Kier alpha value is -2.43. The Balaban J connectivity index is 1.93. The highest BCUT2D eigenvalue weighted by Gasteiger charge is 2.32. The summed E-state index contributed by atoms with van der Waals surface area (Å²) in [6.45, 7) is 6.00. The van der Waals surface area contributed by atoms with E-state index in [4.69, 9.17) is 5.11 Å². The van der Waals surface area contributed by atoms with Crippen molar-refractivity contribution in [2.45, 2.75) is 25.8 Å². The van der Waals surface area contributed by atoms with Crippen LogP contribution in [0, 0.1) is 0 Å². The van der Waals surface area contributed by atoms with Gasteiger partial charge in [0.05, 0.1) is 12.4 Å². The van der Waals surface area contributed by atoms with E-state index in [2.05, 4.69) is 46.9 Å². The molecule has 21 heavy (non-hydrogen) atoms. The quantitative estimate of drug-likeness (QED) is 0.917. The van der Waals surface area contributed by atoms with Gasteiger partial charge in [-0.15, -0.1) is 0 Å². The van der Waals surface area contributed by atoms with E-state index in [1.54, 1.807) is 0 Å². The number of benzene rings is 1. The molecule has 0 atom stereocenters. The SMILES string of the molecule is CC1(C)CN(c2cnc(C(=O)O)cn2)Cc2ccccc21. The third-order valence-corrected chi connectivity index (χ3v) is 3.88. The van der Waals surface area contributed by atoms with Crippen LogP contribution in [0.25, 0.3) is 0 Å². The van der Waals surface area contributed by atoms with E-state index in [1.165, 1.54) is 23.5 Å². The van der Waals surface area contributed by atoms with Crippen LogP contribution in [-0.4, -0.2) is 27.6 Å². The number of aromatic carboxylic acids is 1. The van der Waals surface area contributed by atoms with E-state index in [9.17, 15) is 4.79 Å². The first kappa shape index (κ1) is 13.5. The molecule has 1 aliphatic rings. The van der Waals surface area contributed by atoms with Gasteiger partial charge in [-0.3, -0.25) is 0 Å². The molecule has 5 heteroatoms. The first-order chi connectivity index (χ1) is 9.97. The molecule has 0 spiro atoms. The number of nitrogens with zero attached hydrogens (tertiary/aromatic N) is 3. The van der Waals surface area contributed by atoms with E-state index in [0.29, 0.717) is 5.82 Å². The Labute approximate surface area is 123 Å². The highest BCUT2D eigenvalue weighted by Crippen LogP contribution is 2.34. The number of anilines is 1. The van der Waals surface area contributed by atoms with Crippen molar-refractivity contribution in [1.29, 1.82) is 0 Å². The molecule has 0 saturated carbocycles. The van der Waals surface area contributed by atoms with Crippen LogP contribution in [-0.2, 0) is 12.0 Å². The van der Waals surface area contributed by atoms with Gasteiger partial charge in [-0.2, -0.15) is 0 Å². The molecule has 5 nitrogen and oxygen atoms in total. The molecule has 0 fully saturated rings. The second-order valence-corrected chi connectivity index (χ2v) is 5.96. The highest BCUT2D eigenvalue weighted by atomic mass is 16.4. The van der Waals surface area contributed by atoms with Crippen molar-refractivity contribution in [1.82, 2.24) is 9.97 Å². The van der Waals surface area contributed by atoms with E-state index < -0.39 is 5.97 Å². The minimum Gasteiger partial charge on any atom is -0.476 e. The lowest BCUT2D eigenvalue weighted by molar-refractivity contribution is 0.0690. The van der Waals surface area contributed by atoms with Crippen LogP contribution in [0.1, 0.15) is 35.5 Å². The van der Waals surface area contributed by atoms with Crippen LogP contribution >= 0.6 is 0 Å². The lowest BCUT2D eigenvalue weighted by Crippen LogP contribution is -2.42. The molecule has 0 bridgehead atoms. The Morgan fingerprint density at radius 3 is 2.67 bits per heavy atom. The fourth-order valence-corrected chi connectivity index (χ4v) is 2.90. The molecule has 1 aliphatic heterocycles. The zero-order valence-corrected chi connectivity index (χ0v) is 12.1. The minimum absolute atomic E-state index is 0.0159. The van der Waals surface area contributed by atoms with E-state index in [0.717, 1.165) is 13.1 Å². The second kappa shape index (κ2) is 4.84. The van der Waals surface area contributed by atoms with Gasteiger partial charge < -0.3 is 10.0 Å². The molecule has 2 aromatic rings. The van der Waals surface area contributed by atoms with Crippen molar-refractivity contribution in [2.24, 2.45) is 0 Å². The van der Waals surface area contributed by atoms with Crippen LogP contribution in [0.2, 0.25) is 0 Å². The third-order valence-electron chi connectivity index (χ3n) is 3.88. The van der Waals surface area contributed by atoms with Crippen molar-refractivity contribution in [3.63, 3.8) is 0 Å². The summed E-state index contributed by atoms with van der Waals surface area (Å²) >= 11 is 0. The number of hydrogen-bond acceptors (Lipinski definition) is 4. The number of fused-ring (bicyclic) bond motifs is 1. The van der Waals surface area contributed by atoms with Crippen LogP contribution in [0.5, 0.6) is 0 Å². The molecular formula is C16H17N3O2. The number of hydrogen-bond donors (Lipinski definition) is 1. The lowest BCUT2D eigenvalue weighted by atomic mass is 9.78. The number of carboxylic acids is 1. The third kappa shape index (κ3) is 2.46. The maximum atomic E-state index is 10.8. The molecule has 1 aromatic carbocycles. The van der Waals surface area contributed by atoms with Gasteiger partial charge in [0.1, 0.15) is 5.82 Å². The lowest BCUT2D eigenvalue weighted by Gasteiger charge is -2.40. The summed E-state index contributed by atoms with van der Waals surface area (Å²) in [4.78, 5) is 21.2. The zero-order valence-electron chi connectivity index (χ0n) is 12.1. The summed E-state index contributed by atoms with van der Waals surface area (Å²) in [6, 6.07) is 8.41. The predicted octanol–water partition coefficient (Wildman–Crippen LogP) is 2.47. The van der Waals surface area contributed by atoms with Gasteiger partial charge >= 0.3 is 5.97 Å². The largest absolute Gasteiger partial charge is 0.476 e. The summed E-state index contributed by atoms with van der Waals surface area (Å²) in [5, 5.41) is 8.88. The standard InChI is InChI=1S/C16H17N3O2/c1-16(2)10-19(9-11-5-3-4-6-12(11)16)14-8-17-13(7-18-14)15(20)21/h3-8H,9-10H2,1-2H3,(H,20,21). The van der Waals surface area contributed by atoms with Crippen LogP contribution < -0.4 is 4.90 Å². The number of aromatic nitrogens is 2. The van der Waals surface area contributed by atoms with Gasteiger partial charge in [0.2, 0.25) is 0 Å². The van der Waals surface area contributed by atoms with E-state index >= 15 is 0 Å². The molecule has 0 saturated heterocycles. The number of carboxylic acid groups (broad SMARTS) is 1.